The standard InChI is InChI=1S/C13H18N4O/c1-10(2)9-11(17-7-3-4-8-17)12(18)16-13-14-5-6-15-13/h3-8,10-11H,9H2,1-2H3,(H2,14,15,16,18)/t11-/m0/s1. The number of imidazole rings is 1. The third kappa shape index (κ3) is 3.00. The Bertz CT molecular complexity index is 473. The molecule has 1 amide bonds. The van der Waals surface area contributed by atoms with Crippen molar-refractivity contribution in [1.82, 2.24) is 14.5 Å². The van der Waals surface area contributed by atoms with Crippen molar-refractivity contribution in [3.63, 3.8) is 0 Å². The first kappa shape index (κ1) is 12.4. The van der Waals surface area contributed by atoms with E-state index < -0.39 is 0 Å². The largest absolute Gasteiger partial charge is 0.342 e. The van der Waals surface area contributed by atoms with Gasteiger partial charge in [0.25, 0.3) is 0 Å². The minimum absolute atomic E-state index is 0.0464. The summed E-state index contributed by atoms with van der Waals surface area (Å²) >= 11 is 0. The van der Waals surface area contributed by atoms with Crippen LogP contribution < -0.4 is 5.32 Å². The molecule has 0 radical (unpaired) electrons. The minimum Gasteiger partial charge on any atom is -0.342 e. The lowest BCUT2D eigenvalue weighted by Crippen LogP contribution is -2.27. The Morgan fingerprint density at radius 1 is 1.44 bits per heavy atom. The predicted octanol–water partition coefficient (Wildman–Crippen LogP) is 2.44. The van der Waals surface area contributed by atoms with E-state index in [0.717, 1.165) is 6.42 Å². The number of rotatable bonds is 5. The molecule has 0 bridgehead atoms. The first-order valence-corrected chi connectivity index (χ1v) is 6.09. The van der Waals surface area contributed by atoms with Gasteiger partial charge in [-0.15, -0.1) is 0 Å². The summed E-state index contributed by atoms with van der Waals surface area (Å²) in [4.78, 5) is 19.1. The molecule has 0 saturated carbocycles. The summed E-state index contributed by atoms with van der Waals surface area (Å²) < 4.78 is 1.93. The van der Waals surface area contributed by atoms with Crippen molar-refractivity contribution in [2.75, 3.05) is 5.32 Å². The van der Waals surface area contributed by atoms with Crippen molar-refractivity contribution in [3.8, 4) is 0 Å². The Hall–Kier alpha value is -2.04. The van der Waals surface area contributed by atoms with E-state index in [4.69, 9.17) is 0 Å². The van der Waals surface area contributed by atoms with Crippen LogP contribution in [0.1, 0.15) is 26.3 Å². The molecule has 5 heteroatoms. The van der Waals surface area contributed by atoms with Crippen molar-refractivity contribution in [1.29, 1.82) is 0 Å². The molecule has 2 rings (SSSR count). The van der Waals surface area contributed by atoms with Gasteiger partial charge in [-0.2, -0.15) is 0 Å². The van der Waals surface area contributed by atoms with Crippen molar-refractivity contribution < 1.29 is 4.79 Å². The van der Waals surface area contributed by atoms with Gasteiger partial charge >= 0.3 is 0 Å². The SMILES string of the molecule is CC(C)C[C@@H](C(=O)Nc1ncc[nH]1)n1cccc1. The van der Waals surface area contributed by atoms with Crippen LogP contribution in [0.3, 0.4) is 0 Å². The summed E-state index contributed by atoms with van der Waals surface area (Å²) in [6.07, 6.45) is 7.91. The van der Waals surface area contributed by atoms with Crippen LogP contribution in [0.5, 0.6) is 0 Å². The molecule has 0 fully saturated rings. The molecule has 0 saturated heterocycles. The Labute approximate surface area is 106 Å². The fourth-order valence-electron chi connectivity index (χ4n) is 1.90. The summed E-state index contributed by atoms with van der Waals surface area (Å²) in [6, 6.07) is 3.64. The van der Waals surface area contributed by atoms with Crippen molar-refractivity contribution in [3.05, 3.63) is 36.9 Å². The fourth-order valence-corrected chi connectivity index (χ4v) is 1.90. The number of amides is 1. The molecule has 0 spiro atoms. The van der Waals surface area contributed by atoms with E-state index in [9.17, 15) is 4.79 Å². The number of nitrogens with one attached hydrogen (secondary N) is 2. The Morgan fingerprint density at radius 2 is 2.17 bits per heavy atom. The minimum atomic E-state index is -0.204. The lowest BCUT2D eigenvalue weighted by atomic mass is 10.0. The quantitative estimate of drug-likeness (QED) is 0.851. The summed E-state index contributed by atoms with van der Waals surface area (Å²) in [7, 11) is 0. The molecule has 0 aliphatic rings. The lowest BCUT2D eigenvalue weighted by molar-refractivity contribution is -0.119. The van der Waals surface area contributed by atoms with Crippen molar-refractivity contribution in [2.45, 2.75) is 26.3 Å². The van der Waals surface area contributed by atoms with Crippen LogP contribution in [0.25, 0.3) is 0 Å². The van der Waals surface area contributed by atoms with E-state index >= 15 is 0 Å². The fraction of sp³-hybridized carbons (Fsp3) is 0.385. The number of carbonyl (C=O) groups is 1. The van der Waals surface area contributed by atoms with Crippen LogP contribution in [0.2, 0.25) is 0 Å². The number of H-pyrrole nitrogens is 1. The van der Waals surface area contributed by atoms with Crippen LogP contribution >= 0.6 is 0 Å². The Balaban J connectivity index is 2.11. The number of hydrogen-bond donors (Lipinski definition) is 2. The topological polar surface area (TPSA) is 62.7 Å². The zero-order valence-corrected chi connectivity index (χ0v) is 10.6. The highest BCUT2D eigenvalue weighted by molar-refractivity contribution is 5.92. The van der Waals surface area contributed by atoms with Crippen molar-refractivity contribution >= 4 is 11.9 Å². The Morgan fingerprint density at radius 3 is 2.72 bits per heavy atom. The van der Waals surface area contributed by atoms with Gasteiger partial charge in [0.2, 0.25) is 11.9 Å². The monoisotopic (exact) mass is 246 g/mol. The van der Waals surface area contributed by atoms with Gasteiger partial charge in [-0.05, 0) is 24.5 Å². The smallest absolute Gasteiger partial charge is 0.249 e. The second-order valence-electron chi connectivity index (χ2n) is 4.70. The van der Waals surface area contributed by atoms with Crippen LogP contribution in [0.4, 0.5) is 5.95 Å². The molecule has 2 N–H and O–H groups in total. The third-order valence-electron chi connectivity index (χ3n) is 2.72. The normalized spacial score (nSPS) is 12.6. The zero-order valence-electron chi connectivity index (χ0n) is 10.6. The van der Waals surface area contributed by atoms with Gasteiger partial charge in [-0.3, -0.25) is 10.1 Å². The van der Waals surface area contributed by atoms with Gasteiger partial charge < -0.3 is 9.55 Å². The zero-order chi connectivity index (χ0) is 13.0. The molecule has 2 aromatic heterocycles. The third-order valence-corrected chi connectivity index (χ3v) is 2.72. The van der Waals surface area contributed by atoms with E-state index in [1.807, 2.05) is 29.1 Å². The van der Waals surface area contributed by atoms with Gasteiger partial charge in [0.15, 0.2) is 0 Å². The number of carbonyl (C=O) groups excluding carboxylic acids is 1. The maximum absolute atomic E-state index is 12.3. The second-order valence-corrected chi connectivity index (χ2v) is 4.70. The highest BCUT2D eigenvalue weighted by atomic mass is 16.2. The van der Waals surface area contributed by atoms with Gasteiger partial charge in [-0.25, -0.2) is 4.98 Å². The van der Waals surface area contributed by atoms with Crippen LogP contribution in [-0.4, -0.2) is 20.4 Å². The molecule has 2 aromatic rings. The average molecular weight is 246 g/mol. The maximum Gasteiger partial charge on any atom is 0.249 e. The van der Waals surface area contributed by atoms with Gasteiger partial charge in [0.1, 0.15) is 6.04 Å². The molecule has 0 aliphatic heterocycles. The highest BCUT2D eigenvalue weighted by Crippen LogP contribution is 2.19. The first-order valence-electron chi connectivity index (χ1n) is 6.09. The number of aromatic nitrogens is 3. The van der Waals surface area contributed by atoms with E-state index in [1.54, 1.807) is 12.4 Å². The van der Waals surface area contributed by atoms with Crippen LogP contribution in [0.15, 0.2) is 36.9 Å². The van der Waals surface area contributed by atoms with Gasteiger partial charge in [0.05, 0.1) is 0 Å². The number of nitrogens with zero attached hydrogens (tertiary/aromatic N) is 2. The van der Waals surface area contributed by atoms with E-state index in [0.29, 0.717) is 11.9 Å². The molecule has 0 unspecified atom stereocenters. The second kappa shape index (κ2) is 5.53. The Kier molecular flexibility index (Phi) is 3.82. The molecule has 18 heavy (non-hydrogen) atoms. The van der Waals surface area contributed by atoms with Crippen LogP contribution in [0, 0.1) is 5.92 Å². The van der Waals surface area contributed by atoms with Crippen LogP contribution in [-0.2, 0) is 4.79 Å². The average Bonchev–Trinajstić information content (AvgIpc) is 2.97. The molecule has 2 heterocycles. The van der Waals surface area contributed by atoms with Crippen molar-refractivity contribution in [2.24, 2.45) is 5.92 Å². The predicted molar refractivity (Wildman–Crippen MR) is 70.1 cm³/mol. The molecule has 5 nitrogen and oxygen atoms in total. The first-order chi connectivity index (χ1) is 8.66. The number of anilines is 1. The van der Waals surface area contributed by atoms with Gasteiger partial charge in [0, 0.05) is 24.8 Å². The summed E-state index contributed by atoms with van der Waals surface area (Å²) in [5.74, 6) is 0.885. The summed E-state index contributed by atoms with van der Waals surface area (Å²) in [5, 5.41) is 2.79. The number of hydrogen-bond acceptors (Lipinski definition) is 2. The molecule has 0 aromatic carbocycles. The number of aromatic amines is 1. The van der Waals surface area contributed by atoms with E-state index in [-0.39, 0.29) is 11.9 Å². The molecule has 96 valence electrons. The summed E-state index contributed by atoms with van der Waals surface area (Å²) in [5.41, 5.74) is 0. The maximum atomic E-state index is 12.3. The summed E-state index contributed by atoms with van der Waals surface area (Å²) in [6.45, 7) is 4.22. The van der Waals surface area contributed by atoms with E-state index in [2.05, 4.69) is 29.1 Å². The lowest BCUT2D eigenvalue weighted by Gasteiger charge is -2.19. The van der Waals surface area contributed by atoms with E-state index in [1.165, 1.54) is 0 Å². The highest BCUT2D eigenvalue weighted by Gasteiger charge is 2.21. The molecule has 1 atom stereocenters. The molecule has 0 aliphatic carbocycles. The van der Waals surface area contributed by atoms with Gasteiger partial charge in [-0.1, -0.05) is 13.8 Å². The molecular formula is C13H18N4O. The molecular weight excluding hydrogens is 228 g/mol.